The van der Waals surface area contributed by atoms with Crippen molar-refractivity contribution in [2.24, 2.45) is 0 Å². The first-order valence-corrected chi connectivity index (χ1v) is 19.7. The van der Waals surface area contributed by atoms with Crippen LogP contribution in [0.15, 0.2) is 0 Å². The smallest absolute Gasteiger partial charge is 0.00454 e. The lowest BCUT2D eigenvalue weighted by Gasteiger charge is -2.04. The van der Waals surface area contributed by atoms with E-state index in [0.717, 1.165) is 0 Å². The van der Waals surface area contributed by atoms with E-state index in [1.165, 1.54) is 101 Å². The van der Waals surface area contributed by atoms with Gasteiger partial charge in [-0.05, 0) is 71.8 Å². The predicted octanol–water partition coefficient (Wildman–Crippen LogP) is 10.7. The van der Waals surface area contributed by atoms with Crippen LogP contribution in [0.5, 0.6) is 0 Å². The minimum Gasteiger partial charge on any atom is -0.0817 e. The Hall–Kier alpha value is 2.80. The molecule has 0 nitrogen and oxygen atoms in total. The molecule has 0 aromatic heterocycles. The van der Waals surface area contributed by atoms with E-state index >= 15 is 0 Å². The lowest BCUT2D eigenvalue weighted by molar-refractivity contribution is 0.539. The molecule has 0 unspecified atom stereocenters. The summed E-state index contributed by atoms with van der Waals surface area (Å²) in [7, 11) is 15.7. The zero-order valence-electron chi connectivity index (χ0n) is 14.6. The second kappa shape index (κ2) is 22.1. The zero-order chi connectivity index (χ0) is 17.0. The molecule has 0 atom stereocenters. The molecular formula is C16H32S8. The maximum Gasteiger partial charge on any atom is 0.00454 e. The van der Waals surface area contributed by atoms with E-state index in [2.05, 4.69) is 0 Å². The third-order valence-corrected chi connectivity index (χ3v) is 19.5. The second-order valence-corrected chi connectivity index (χ2v) is 19.3. The van der Waals surface area contributed by atoms with Gasteiger partial charge in [-0.2, -0.15) is 0 Å². The fraction of sp³-hybridized carbons (Fsp3) is 1.00. The number of hydrogen-bond donors (Lipinski definition) is 0. The summed E-state index contributed by atoms with van der Waals surface area (Å²) in [6.07, 6.45) is 20.4. The molecule has 1 rings (SSSR count). The molecule has 0 bridgehead atoms. The summed E-state index contributed by atoms with van der Waals surface area (Å²) in [5.41, 5.74) is 0. The van der Waals surface area contributed by atoms with E-state index in [0.29, 0.717) is 0 Å². The van der Waals surface area contributed by atoms with Crippen LogP contribution in [0.25, 0.3) is 0 Å². The minimum absolute atomic E-state index is 1.32. The van der Waals surface area contributed by atoms with Gasteiger partial charge in [-0.1, -0.05) is 98.6 Å². The Labute approximate surface area is 180 Å². The van der Waals surface area contributed by atoms with Crippen molar-refractivity contribution >= 4 is 80.5 Å². The van der Waals surface area contributed by atoms with Gasteiger partial charge in [-0.15, -0.1) is 0 Å². The van der Waals surface area contributed by atoms with Crippen molar-refractivity contribution in [1.82, 2.24) is 0 Å². The van der Waals surface area contributed by atoms with Crippen LogP contribution in [-0.2, 0) is 0 Å². The molecule has 1 aliphatic rings. The summed E-state index contributed by atoms with van der Waals surface area (Å²) in [6, 6.07) is 0. The highest BCUT2D eigenvalue weighted by Gasteiger charge is 1.99. The van der Waals surface area contributed by atoms with Gasteiger partial charge < -0.3 is 0 Å². The molecule has 8 heteroatoms. The van der Waals surface area contributed by atoms with Crippen LogP contribution >= 0.6 is 80.5 Å². The van der Waals surface area contributed by atoms with Crippen LogP contribution < -0.4 is 0 Å². The van der Waals surface area contributed by atoms with Crippen LogP contribution in [0, 0.1) is 0 Å². The summed E-state index contributed by atoms with van der Waals surface area (Å²) < 4.78 is 0. The van der Waals surface area contributed by atoms with E-state index in [9.17, 15) is 0 Å². The van der Waals surface area contributed by atoms with Crippen molar-refractivity contribution in [1.29, 1.82) is 0 Å². The average molecular weight is 481 g/mol. The Bertz CT molecular complexity index is 132. The standard InChI is InChI=1S/C16H32S8/c1-2-4-6-8-10-12-14-16-18-20-22-24-23-21-19-17-15-13-11-9-7-5-3-1/h1-16H2. The lowest BCUT2D eigenvalue weighted by Crippen LogP contribution is -1.84. The maximum atomic E-state index is 2.04. The zero-order valence-corrected chi connectivity index (χ0v) is 21.1. The van der Waals surface area contributed by atoms with Crippen LogP contribution in [0.4, 0.5) is 0 Å². The van der Waals surface area contributed by atoms with Gasteiger partial charge in [0, 0.05) is 11.5 Å². The second-order valence-electron chi connectivity index (χ2n) is 6.00. The van der Waals surface area contributed by atoms with E-state index in [4.69, 9.17) is 0 Å². The van der Waals surface area contributed by atoms with Crippen LogP contribution in [0.1, 0.15) is 89.9 Å². The highest BCUT2D eigenvalue weighted by Crippen LogP contribution is 2.57. The summed E-state index contributed by atoms with van der Waals surface area (Å²) >= 11 is 0. The van der Waals surface area contributed by atoms with Gasteiger partial charge in [-0.3, -0.25) is 0 Å². The molecule has 1 saturated heterocycles. The fourth-order valence-electron chi connectivity index (χ4n) is 2.60. The third-order valence-electron chi connectivity index (χ3n) is 3.94. The normalized spacial score (nSPS) is 24.0. The molecule has 0 aromatic rings. The molecule has 0 saturated carbocycles. The van der Waals surface area contributed by atoms with Gasteiger partial charge in [0.25, 0.3) is 0 Å². The van der Waals surface area contributed by atoms with Gasteiger partial charge in [0.05, 0.1) is 0 Å². The van der Waals surface area contributed by atoms with Crippen LogP contribution in [-0.4, -0.2) is 11.5 Å². The summed E-state index contributed by atoms with van der Waals surface area (Å²) in [6.45, 7) is 0. The van der Waals surface area contributed by atoms with Crippen LogP contribution in [0.2, 0.25) is 0 Å². The lowest BCUT2D eigenvalue weighted by atomic mass is 10.0. The Morgan fingerprint density at radius 3 is 0.833 bits per heavy atom. The molecule has 1 heterocycles. The van der Waals surface area contributed by atoms with E-state index in [1.54, 1.807) is 0 Å². The molecule has 144 valence electrons. The van der Waals surface area contributed by atoms with Crippen molar-refractivity contribution in [3.63, 3.8) is 0 Å². The Morgan fingerprint density at radius 2 is 0.500 bits per heavy atom. The largest absolute Gasteiger partial charge is 0.0817 e. The van der Waals surface area contributed by atoms with E-state index in [-0.39, 0.29) is 0 Å². The van der Waals surface area contributed by atoms with Crippen molar-refractivity contribution < 1.29 is 0 Å². The molecule has 1 aliphatic heterocycles. The Balaban J connectivity index is 2.00. The average Bonchev–Trinajstić information content (AvgIpc) is 2.59. The van der Waals surface area contributed by atoms with Crippen molar-refractivity contribution in [2.45, 2.75) is 89.9 Å². The number of hydrogen-bond acceptors (Lipinski definition) is 8. The quantitative estimate of drug-likeness (QED) is 0.310. The minimum atomic E-state index is 1.32. The first-order chi connectivity index (χ1) is 12.0. The topological polar surface area (TPSA) is 0 Å². The van der Waals surface area contributed by atoms with Gasteiger partial charge >= 0.3 is 0 Å². The van der Waals surface area contributed by atoms with Crippen molar-refractivity contribution in [3.8, 4) is 0 Å². The predicted molar refractivity (Wildman–Crippen MR) is 135 cm³/mol. The molecular weight excluding hydrogens is 449 g/mol. The summed E-state index contributed by atoms with van der Waals surface area (Å²) in [5.74, 6) is 2.64. The van der Waals surface area contributed by atoms with Crippen molar-refractivity contribution in [3.05, 3.63) is 0 Å². The fourth-order valence-corrected chi connectivity index (χ4v) is 19.8. The summed E-state index contributed by atoms with van der Waals surface area (Å²) in [5, 5.41) is 0. The first kappa shape index (κ1) is 24.8. The third kappa shape index (κ3) is 19.6. The maximum absolute atomic E-state index is 2.04. The molecule has 0 radical (unpaired) electrons. The molecule has 1 fully saturated rings. The Kier molecular flexibility index (Phi) is 22.9. The molecule has 0 N–H and O–H groups in total. The highest BCUT2D eigenvalue weighted by atomic mass is 34.0. The molecule has 0 aliphatic carbocycles. The van der Waals surface area contributed by atoms with Crippen molar-refractivity contribution in [2.75, 3.05) is 11.5 Å². The van der Waals surface area contributed by atoms with Gasteiger partial charge in [0.15, 0.2) is 0 Å². The van der Waals surface area contributed by atoms with Gasteiger partial charge in [0.2, 0.25) is 0 Å². The Morgan fingerprint density at radius 1 is 0.250 bits per heavy atom. The molecule has 0 aromatic carbocycles. The monoisotopic (exact) mass is 480 g/mol. The highest BCUT2D eigenvalue weighted by molar-refractivity contribution is 9.48. The molecule has 0 spiro atoms. The van der Waals surface area contributed by atoms with Gasteiger partial charge in [-0.25, -0.2) is 0 Å². The molecule has 24 heavy (non-hydrogen) atoms. The van der Waals surface area contributed by atoms with Crippen LogP contribution in [0.3, 0.4) is 0 Å². The SMILES string of the molecule is C1CCCCCCCCSSSSSSSSCCCCCCC1. The van der Waals surface area contributed by atoms with E-state index < -0.39 is 0 Å². The summed E-state index contributed by atoms with van der Waals surface area (Å²) in [4.78, 5) is 0. The number of rotatable bonds is 0. The van der Waals surface area contributed by atoms with E-state index in [1.807, 2.05) is 80.5 Å². The van der Waals surface area contributed by atoms with Gasteiger partial charge in [0.1, 0.15) is 0 Å². The molecule has 0 amide bonds. The first-order valence-electron chi connectivity index (χ1n) is 9.24.